The molecule has 17 heavy (non-hydrogen) atoms. The zero-order chi connectivity index (χ0) is 12.7. The highest BCUT2D eigenvalue weighted by molar-refractivity contribution is 5.78. The maximum atomic E-state index is 11.4. The van der Waals surface area contributed by atoms with Crippen LogP contribution < -0.4 is 5.32 Å². The molecule has 0 fully saturated rings. The minimum absolute atomic E-state index is 0.217. The minimum Gasteiger partial charge on any atom is -0.464 e. The SMILES string of the molecule is CCCc1ccc(NC(C)C(=O)OCC)cc1. The highest BCUT2D eigenvalue weighted by Gasteiger charge is 2.12. The van der Waals surface area contributed by atoms with Gasteiger partial charge in [0.2, 0.25) is 0 Å². The highest BCUT2D eigenvalue weighted by atomic mass is 16.5. The summed E-state index contributed by atoms with van der Waals surface area (Å²) in [5.41, 5.74) is 2.27. The first-order valence-electron chi connectivity index (χ1n) is 6.19. The summed E-state index contributed by atoms with van der Waals surface area (Å²) in [6, 6.07) is 7.86. The molecule has 1 N–H and O–H groups in total. The molecule has 0 saturated carbocycles. The summed E-state index contributed by atoms with van der Waals surface area (Å²) in [4.78, 5) is 11.4. The van der Waals surface area contributed by atoms with Crippen molar-refractivity contribution in [3.63, 3.8) is 0 Å². The summed E-state index contributed by atoms with van der Waals surface area (Å²) in [6.07, 6.45) is 2.24. The van der Waals surface area contributed by atoms with Gasteiger partial charge in [-0.25, -0.2) is 4.79 Å². The largest absolute Gasteiger partial charge is 0.464 e. The van der Waals surface area contributed by atoms with E-state index in [1.807, 2.05) is 19.1 Å². The Bertz CT molecular complexity index is 346. The van der Waals surface area contributed by atoms with Crippen molar-refractivity contribution in [3.05, 3.63) is 29.8 Å². The predicted octanol–water partition coefficient (Wildman–Crippen LogP) is 3.00. The van der Waals surface area contributed by atoms with Gasteiger partial charge >= 0.3 is 5.97 Å². The van der Waals surface area contributed by atoms with Gasteiger partial charge in [-0.1, -0.05) is 25.5 Å². The number of esters is 1. The van der Waals surface area contributed by atoms with Gasteiger partial charge in [0.25, 0.3) is 0 Å². The molecule has 0 saturated heterocycles. The maximum absolute atomic E-state index is 11.4. The molecule has 1 aromatic rings. The lowest BCUT2D eigenvalue weighted by atomic mass is 10.1. The number of aryl methyl sites for hydroxylation is 1. The summed E-state index contributed by atoms with van der Waals surface area (Å²) < 4.78 is 4.94. The van der Waals surface area contributed by atoms with E-state index in [9.17, 15) is 4.79 Å². The third kappa shape index (κ3) is 4.47. The molecular weight excluding hydrogens is 214 g/mol. The third-order valence-corrected chi connectivity index (χ3v) is 2.52. The standard InChI is InChI=1S/C14H21NO2/c1-4-6-12-7-9-13(10-8-12)15-11(3)14(16)17-5-2/h7-11,15H,4-6H2,1-3H3. The zero-order valence-corrected chi connectivity index (χ0v) is 10.8. The Morgan fingerprint density at radius 2 is 1.94 bits per heavy atom. The van der Waals surface area contributed by atoms with E-state index in [1.165, 1.54) is 5.56 Å². The van der Waals surface area contributed by atoms with E-state index >= 15 is 0 Å². The van der Waals surface area contributed by atoms with E-state index in [4.69, 9.17) is 4.74 Å². The molecule has 0 spiro atoms. The van der Waals surface area contributed by atoms with E-state index in [0.29, 0.717) is 6.61 Å². The van der Waals surface area contributed by atoms with Crippen molar-refractivity contribution in [1.29, 1.82) is 0 Å². The second-order valence-electron chi connectivity index (χ2n) is 4.06. The molecule has 0 aliphatic heterocycles. The smallest absolute Gasteiger partial charge is 0.328 e. The van der Waals surface area contributed by atoms with Crippen LogP contribution in [0.2, 0.25) is 0 Å². The van der Waals surface area contributed by atoms with Crippen molar-refractivity contribution in [2.24, 2.45) is 0 Å². The monoisotopic (exact) mass is 235 g/mol. The van der Waals surface area contributed by atoms with Gasteiger partial charge in [-0.2, -0.15) is 0 Å². The number of hydrogen-bond donors (Lipinski definition) is 1. The van der Waals surface area contributed by atoms with Gasteiger partial charge in [-0.3, -0.25) is 0 Å². The Kier molecular flexibility index (Phi) is 5.53. The second kappa shape index (κ2) is 6.94. The number of benzene rings is 1. The van der Waals surface area contributed by atoms with Crippen molar-refractivity contribution in [1.82, 2.24) is 0 Å². The Morgan fingerprint density at radius 1 is 1.29 bits per heavy atom. The van der Waals surface area contributed by atoms with Crippen LogP contribution in [0.15, 0.2) is 24.3 Å². The molecular formula is C14H21NO2. The fourth-order valence-corrected chi connectivity index (χ4v) is 1.63. The minimum atomic E-state index is -0.313. The number of hydrogen-bond acceptors (Lipinski definition) is 3. The molecule has 94 valence electrons. The maximum Gasteiger partial charge on any atom is 0.328 e. The van der Waals surface area contributed by atoms with E-state index < -0.39 is 0 Å². The Hall–Kier alpha value is -1.51. The van der Waals surface area contributed by atoms with Crippen LogP contribution >= 0.6 is 0 Å². The molecule has 0 amide bonds. The molecule has 3 nitrogen and oxygen atoms in total. The van der Waals surface area contributed by atoms with Gasteiger partial charge in [-0.15, -0.1) is 0 Å². The lowest BCUT2D eigenvalue weighted by molar-refractivity contribution is -0.143. The number of ether oxygens (including phenoxy) is 1. The van der Waals surface area contributed by atoms with E-state index in [-0.39, 0.29) is 12.0 Å². The Labute approximate surface area is 103 Å². The van der Waals surface area contributed by atoms with Crippen LogP contribution in [0.3, 0.4) is 0 Å². The van der Waals surface area contributed by atoms with Crippen molar-refractivity contribution >= 4 is 11.7 Å². The predicted molar refractivity (Wildman–Crippen MR) is 70.2 cm³/mol. The van der Waals surface area contributed by atoms with Crippen LogP contribution in [0, 0.1) is 0 Å². The average Bonchev–Trinajstić information content (AvgIpc) is 2.32. The first-order valence-corrected chi connectivity index (χ1v) is 6.19. The van der Waals surface area contributed by atoms with E-state index in [0.717, 1.165) is 18.5 Å². The van der Waals surface area contributed by atoms with Gasteiger partial charge in [0.15, 0.2) is 0 Å². The van der Waals surface area contributed by atoms with Gasteiger partial charge in [0.1, 0.15) is 6.04 Å². The number of nitrogens with one attached hydrogen (secondary N) is 1. The summed E-state index contributed by atoms with van der Waals surface area (Å²) in [5.74, 6) is -0.217. The Morgan fingerprint density at radius 3 is 2.47 bits per heavy atom. The summed E-state index contributed by atoms with van der Waals surface area (Å²) in [7, 11) is 0. The van der Waals surface area contributed by atoms with Gasteiger partial charge in [0.05, 0.1) is 6.61 Å². The van der Waals surface area contributed by atoms with Crippen LogP contribution in [0.4, 0.5) is 5.69 Å². The van der Waals surface area contributed by atoms with Crippen LogP contribution in [-0.4, -0.2) is 18.6 Å². The van der Waals surface area contributed by atoms with Gasteiger partial charge in [0, 0.05) is 5.69 Å². The summed E-state index contributed by atoms with van der Waals surface area (Å²) >= 11 is 0. The Balaban J connectivity index is 2.53. The fraction of sp³-hybridized carbons (Fsp3) is 0.500. The lowest BCUT2D eigenvalue weighted by Gasteiger charge is -2.14. The molecule has 1 rings (SSSR count). The second-order valence-corrected chi connectivity index (χ2v) is 4.06. The molecule has 0 radical (unpaired) electrons. The molecule has 0 aliphatic carbocycles. The molecule has 0 aliphatic rings. The zero-order valence-electron chi connectivity index (χ0n) is 10.8. The van der Waals surface area contributed by atoms with Crippen molar-refractivity contribution in [2.75, 3.05) is 11.9 Å². The van der Waals surface area contributed by atoms with Crippen molar-refractivity contribution in [2.45, 2.75) is 39.7 Å². The topological polar surface area (TPSA) is 38.3 Å². The van der Waals surface area contributed by atoms with Crippen LogP contribution in [-0.2, 0) is 16.0 Å². The summed E-state index contributed by atoms with van der Waals surface area (Å²) in [5, 5.41) is 3.12. The van der Waals surface area contributed by atoms with Gasteiger partial charge < -0.3 is 10.1 Å². The number of rotatable bonds is 6. The molecule has 3 heteroatoms. The van der Waals surface area contributed by atoms with Gasteiger partial charge in [-0.05, 0) is 38.0 Å². The summed E-state index contributed by atoms with van der Waals surface area (Å²) in [6.45, 7) is 6.19. The number of carbonyl (C=O) groups excluding carboxylic acids is 1. The average molecular weight is 235 g/mol. The quantitative estimate of drug-likeness (QED) is 0.770. The molecule has 1 unspecified atom stereocenters. The molecule has 0 heterocycles. The lowest BCUT2D eigenvalue weighted by Crippen LogP contribution is -2.28. The first-order chi connectivity index (χ1) is 8.17. The van der Waals surface area contributed by atoms with Crippen molar-refractivity contribution in [3.8, 4) is 0 Å². The van der Waals surface area contributed by atoms with E-state index in [1.54, 1.807) is 6.92 Å². The van der Waals surface area contributed by atoms with Crippen molar-refractivity contribution < 1.29 is 9.53 Å². The first kappa shape index (κ1) is 13.6. The van der Waals surface area contributed by atoms with E-state index in [2.05, 4.69) is 24.4 Å². The normalized spacial score (nSPS) is 11.9. The van der Waals surface area contributed by atoms with Crippen LogP contribution in [0.1, 0.15) is 32.8 Å². The molecule has 0 aromatic heterocycles. The van der Waals surface area contributed by atoms with Crippen LogP contribution in [0.25, 0.3) is 0 Å². The highest BCUT2D eigenvalue weighted by Crippen LogP contribution is 2.12. The molecule has 0 bridgehead atoms. The molecule has 1 aromatic carbocycles. The van der Waals surface area contributed by atoms with Crippen LogP contribution in [0.5, 0.6) is 0 Å². The fourth-order valence-electron chi connectivity index (χ4n) is 1.63. The molecule has 1 atom stereocenters. The number of carbonyl (C=O) groups is 1. The number of anilines is 1. The third-order valence-electron chi connectivity index (χ3n) is 2.52.